The van der Waals surface area contributed by atoms with Gasteiger partial charge in [-0.1, -0.05) is 75.7 Å². The molecule has 2 rings (SSSR count). The molecule has 2 heterocycles. The maximum atomic E-state index is 12.9. The van der Waals surface area contributed by atoms with Crippen LogP contribution in [0.2, 0.25) is 0 Å². The summed E-state index contributed by atoms with van der Waals surface area (Å²) in [5.74, 6) is -1.27. The fourth-order valence-electron chi connectivity index (χ4n) is 2.53. The van der Waals surface area contributed by atoms with Crippen LogP contribution < -0.4 is 0 Å². The summed E-state index contributed by atoms with van der Waals surface area (Å²) < 4.78 is 10.8. The van der Waals surface area contributed by atoms with Crippen molar-refractivity contribution in [2.75, 3.05) is 26.3 Å². The molecule has 0 aliphatic carbocycles. The van der Waals surface area contributed by atoms with Gasteiger partial charge in [0, 0.05) is 13.1 Å². The minimum atomic E-state index is -0.437. The number of esters is 2. The minimum absolute atomic E-state index is 0.00584. The highest BCUT2D eigenvalue weighted by Crippen LogP contribution is 2.42. The topological polar surface area (TPSA) is 93.2 Å². The number of thioether (sulfide) groups is 2. The number of carbonyl (C=O) groups is 4. The zero-order valence-corrected chi connectivity index (χ0v) is 21.6. The van der Waals surface area contributed by atoms with Crippen LogP contribution in [0.1, 0.15) is 40.5 Å². The van der Waals surface area contributed by atoms with E-state index in [9.17, 15) is 19.2 Å². The van der Waals surface area contributed by atoms with Crippen LogP contribution in [0.3, 0.4) is 0 Å². The fourth-order valence-corrected chi connectivity index (χ4v) is 5.30. The number of hydrogen-bond donors (Lipinski definition) is 0. The monoisotopic (exact) mass is 518 g/mol. The zero-order chi connectivity index (χ0) is 24.0. The fraction of sp³-hybridized carbons (Fsp3) is 0.600. The lowest BCUT2D eigenvalue weighted by Gasteiger charge is -2.15. The summed E-state index contributed by atoms with van der Waals surface area (Å²) >= 11 is 12.6. The summed E-state index contributed by atoms with van der Waals surface area (Å²) in [6, 6.07) is 0. The predicted octanol–water partition coefficient (Wildman–Crippen LogP) is 3.10. The largest absolute Gasteiger partial charge is 0.465 e. The summed E-state index contributed by atoms with van der Waals surface area (Å²) in [4.78, 5) is 52.4. The molecule has 2 saturated heterocycles. The summed E-state index contributed by atoms with van der Waals surface area (Å²) in [7, 11) is 0. The number of thiocarbonyl (C=S) groups is 2. The lowest BCUT2D eigenvalue weighted by molar-refractivity contribution is -0.146. The number of ether oxygens (including phenoxy) is 2. The second-order valence-electron chi connectivity index (χ2n) is 7.96. The van der Waals surface area contributed by atoms with Crippen LogP contribution in [0.15, 0.2) is 9.81 Å². The molecule has 0 unspecified atom stereocenters. The van der Waals surface area contributed by atoms with Crippen molar-refractivity contribution in [3.8, 4) is 0 Å². The lowest BCUT2D eigenvalue weighted by Crippen LogP contribution is -2.32. The smallest absolute Gasteiger partial charge is 0.307 e. The van der Waals surface area contributed by atoms with Gasteiger partial charge >= 0.3 is 11.9 Å². The van der Waals surface area contributed by atoms with E-state index in [4.69, 9.17) is 33.9 Å². The van der Waals surface area contributed by atoms with E-state index in [0.29, 0.717) is 13.2 Å². The van der Waals surface area contributed by atoms with Crippen molar-refractivity contribution in [1.82, 2.24) is 9.80 Å². The molecular weight excluding hydrogens is 492 g/mol. The first-order chi connectivity index (χ1) is 15.0. The average molecular weight is 519 g/mol. The predicted molar refractivity (Wildman–Crippen MR) is 132 cm³/mol. The van der Waals surface area contributed by atoms with Crippen molar-refractivity contribution in [3.05, 3.63) is 9.81 Å². The van der Waals surface area contributed by atoms with Crippen LogP contribution in [0, 0.1) is 11.8 Å². The van der Waals surface area contributed by atoms with Gasteiger partial charge in [-0.05, 0) is 11.8 Å². The van der Waals surface area contributed by atoms with E-state index in [2.05, 4.69) is 0 Å². The van der Waals surface area contributed by atoms with Crippen LogP contribution >= 0.6 is 48.0 Å². The van der Waals surface area contributed by atoms with Gasteiger partial charge in [0.05, 0.1) is 35.9 Å². The second kappa shape index (κ2) is 12.1. The van der Waals surface area contributed by atoms with Crippen LogP contribution in [0.25, 0.3) is 0 Å². The first-order valence-electron chi connectivity index (χ1n) is 10.1. The standard InChI is InChI=1S/C20H26N2O6S4/c1-11(2)9-27-13(23)5-7-21-17(25)15(31-19(21)29)16-18(26)22(20(30)32-16)8-6-14(24)28-10-12(3)4/h11-12H,5-10H2,1-4H3. The quantitative estimate of drug-likeness (QED) is 0.244. The summed E-state index contributed by atoms with van der Waals surface area (Å²) in [5, 5.41) is 0. The Bertz CT molecular complexity index is 787. The third kappa shape index (κ3) is 7.26. The van der Waals surface area contributed by atoms with E-state index in [1.54, 1.807) is 0 Å². The Balaban J connectivity index is 1.99. The maximum absolute atomic E-state index is 12.9. The van der Waals surface area contributed by atoms with Crippen LogP contribution in [0.5, 0.6) is 0 Å². The maximum Gasteiger partial charge on any atom is 0.307 e. The molecule has 0 spiro atoms. The van der Waals surface area contributed by atoms with Gasteiger partial charge in [-0.2, -0.15) is 0 Å². The Morgan fingerprint density at radius 2 is 1.12 bits per heavy atom. The molecule has 2 fully saturated rings. The van der Waals surface area contributed by atoms with Crippen LogP contribution in [0.4, 0.5) is 0 Å². The van der Waals surface area contributed by atoms with Crippen molar-refractivity contribution in [1.29, 1.82) is 0 Å². The SMILES string of the molecule is CC(C)COC(=O)CCN1C(=O)C(=C2SC(=S)N(CCC(=O)OCC(C)C)C2=O)SC1=S. The van der Waals surface area contributed by atoms with Gasteiger partial charge in [-0.15, -0.1) is 0 Å². The van der Waals surface area contributed by atoms with Crippen LogP contribution in [-0.2, 0) is 28.7 Å². The molecular formula is C20H26N2O6S4. The van der Waals surface area contributed by atoms with Gasteiger partial charge in [-0.25, -0.2) is 0 Å². The highest BCUT2D eigenvalue weighted by molar-refractivity contribution is 8.29. The molecule has 32 heavy (non-hydrogen) atoms. The Morgan fingerprint density at radius 3 is 1.44 bits per heavy atom. The summed E-state index contributed by atoms with van der Waals surface area (Å²) in [6.45, 7) is 8.50. The molecule has 0 radical (unpaired) electrons. The van der Waals surface area contributed by atoms with E-state index in [1.807, 2.05) is 27.7 Å². The number of amides is 2. The third-order valence-electron chi connectivity index (χ3n) is 4.14. The number of rotatable bonds is 10. The lowest BCUT2D eigenvalue weighted by atomic mass is 10.2. The molecule has 8 nitrogen and oxygen atoms in total. The first kappa shape index (κ1) is 26.7. The Kier molecular flexibility index (Phi) is 10.1. The van der Waals surface area contributed by atoms with Crippen molar-refractivity contribution < 1.29 is 28.7 Å². The van der Waals surface area contributed by atoms with Gasteiger partial charge in [0.25, 0.3) is 11.8 Å². The van der Waals surface area contributed by atoms with Gasteiger partial charge in [0.2, 0.25) is 0 Å². The van der Waals surface area contributed by atoms with Crippen molar-refractivity contribution in [3.63, 3.8) is 0 Å². The third-order valence-corrected chi connectivity index (χ3v) is 7.16. The molecule has 0 bridgehead atoms. The Morgan fingerprint density at radius 1 is 0.781 bits per heavy atom. The molecule has 176 valence electrons. The molecule has 2 amide bonds. The second-order valence-corrected chi connectivity index (χ2v) is 11.2. The highest BCUT2D eigenvalue weighted by atomic mass is 32.2. The highest BCUT2D eigenvalue weighted by Gasteiger charge is 2.42. The zero-order valence-electron chi connectivity index (χ0n) is 18.4. The van der Waals surface area contributed by atoms with E-state index in [1.165, 1.54) is 9.80 Å². The molecule has 0 saturated carbocycles. The van der Waals surface area contributed by atoms with E-state index >= 15 is 0 Å². The van der Waals surface area contributed by atoms with Crippen molar-refractivity contribution in [2.45, 2.75) is 40.5 Å². The Hall–Kier alpha value is -1.50. The Labute approximate surface area is 206 Å². The van der Waals surface area contributed by atoms with Gasteiger partial charge in [-0.3, -0.25) is 29.0 Å². The molecule has 0 aromatic carbocycles. The summed E-state index contributed by atoms with van der Waals surface area (Å²) in [5.41, 5.74) is 0. The number of nitrogens with zero attached hydrogens (tertiary/aromatic N) is 2. The van der Waals surface area contributed by atoms with E-state index < -0.39 is 23.8 Å². The van der Waals surface area contributed by atoms with E-state index in [0.717, 1.165) is 23.5 Å². The summed E-state index contributed by atoms with van der Waals surface area (Å²) in [6.07, 6.45) is 0.0117. The molecule has 0 aromatic rings. The molecule has 0 aromatic heterocycles. The van der Waals surface area contributed by atoms with Gasteiger partial charge in [0.1, 0.15) is 8.64 Å². The number of hydrogen-bond acceptors (Lipinski definition) is 10. The molecule has 2 aliphatic rings. The van der Waals surface area contributed by atoms with Crippen molar-refractivity contribution >= 4 is 80.4 Å². The molecule has 12 heteroatoms. The van der Waals surface area contributed by atoms with Gasteiger partial charge < -0.3 is 9.47 Å². The van der Waals surface area contributed by atoms with E-state index in [-0.39, 0.29) is 56.2 Å². The average Bonchev–Trinajstić information content (AvgIpc) is 3.16. The number of carbonyl (C=O) groups excluding carboxylic acids is 4. The molecule has 0 atom stereocenters. The van der Waals surface area contributed by atoms with Crippen molar-refractivity contribution in [2.24, 2.45) is 11.8 Å². The molecule has 2 aliphatic heterocycles. The normalized spacial score (nSPS) is 19.1. The molecule has 0 N–H and O–H groups in total. The van der Waals surface area contributed by atoms with Crippen LogP contribution in [-0.4, -0.2) is 68.5 Å². The van der Waals surface area contributed by atoms with Gasteiger partial charge in [0.15, 0.2) is 0 Å². The first-order valence-corrected chi connectivity index (χ1v) is 12.6. The minimum Gasteiger partial charge on any atom is -0.465 e.